The number of nitro benzene ring substituents is 1. The van der Waals surface area contributed by atoms with Gasteiger partial charge in [0, 0.05) is 24.7 Å². The van der Waals surface area contributed by atoms with Crippen molar-refractivity contribution in [2.45, 2.75) is 20.8 Å². The molecule has 1 aromatic carbocycles. The van der Waals surface area contributed by atoms with Crippen LogP contribution in [0.4, 0.5) is 15.8 Å². The molecule has 0 N–H and O–H groups in total. The predicted octanol–water partition coefficient (Wildman–Crippen LogP) is 3.65. The van der Waals surface area contributed by atoms with E-state index in [1.165, 1.54) is 13.0 Å². The number of hydrogen-bond donors (Lipinski definition) is 0. The van der Waals surface area contributed by atoms with Gasteiger partial charge >= 0.3 is 0 Å². The Morgan fingerprint density at radius 1 is 1.47 bits per heavy atom. The minimum Gasteiger partial charge on any atom is -0.366 e. The first-order valence-corrected chi connectivity index (χ1v) is 6.11. The van der Waals surface area contributed by atoms with Crippen molar-refractivity contribution in [2.24, 2.45) is 0 Å². The Bertz CT molecular complexity index is 448. The molecule has 17 heavy (non-hydrogen) atoms. The van der Waals surface area contributed by atoms with Gasteiger partial charge in [-0.15, -0.1) is 0 Å². The molecule has 6 heteroatoms. The number of nitrogens with zero attached hydrogens (tertiary/aromatic N) is 2. The van der Waals surface area contributed by atoms with Crippen molar-refractivity contribution in [3.8, 4) is 0 Å². The first-order valence-electron chi connectivity index (χ1n) is 5.31. The largest absolute Gasteiger partial charge is 0.366 e. The van der Waals surface area contributed by atoms with Gasteiger partial charge in [-0.1, -0.05) is 0 Å². The van der Waals surface area contributed by atoms with Crippen LogP contribution in [0.1, 0.15) is 19.4 Å². The van der Waals surface area contributed by atoms with Gasteiger partial charge in [-0.2, -0.15) is 0 Å². The van der Waals surface area contributed by atoms with Crippen molar-refractivity contribution in [1.82, 2.24) is 0 Å². The average molecular weight is 305 g/mol. The molecule has 0 aromatic heterocycles. The fourth-order valence-electron chi connectivity index (χ4n) is 1.76. The van der Waals surface area contributed by atoms with Crippen LogP contribution in [0.15, 0.2) is 10.5 Å². The Morgan fingerprint density at radius 2 is 2.00 bits per heavy atom. The van der Waals surface area contributed by atoms with Crippen LogP contribution in [-0.2, 0) is 0 Å². The monoisotopic (exact) mass is 304 g/mol. The molecule has 0 spiro atoms. The van der Waals surface area contributed by atoms with Crippen molar-refractivity contribution < 1.29 is 9.31 Å². The number of halogens is 2. The highest BCUT2D eigenvalue weighted by Gasteiger charge is 2.25. The Kier molecular flexibility index (Phi) is 4.45. The summed E-state index contributed by atoms with van der Waals surface area (Å²) in [5, 5.41) is 11.1. The fourth-order valence-corrected chi connectivity index (χ4v) is 2.06. The summed E-state index contributed by atoms with van der Waals surface area (Å²) in [5.41, 5.74) is 0.608. The summed E-state index contributed by atoms with van der Waals surface area (Å²) < 4.78 is 13.8. The van der Waals surface area contributed by atoms with Gasteiger partial charge in [0.05, 0.1) is 9.40 Å². The second-order valence-electron chi connectivity index (χ2n) is 3.59. The molecular formula is C11H14BrFN2O2. The van der Waals surface area contributed by atoms with E-state index in [0.717, 1.165) is 0 Å². The molecule has 0 saturated heterocycles. The van der Waals surface area contributed by atoms with Gasteiger partial charge < -0.3 is 4.90 Å². The summed E-state index contributed by atoms with van der Waals surface area (Å²) in [7, 11) is 0. The van der Waals surface area contributed by atoms with Gasteiger partial charge in [0.15, 0.2) is 0 Å². The SMILES string of the molecule is CCN(CC)c1cc(F)c(Br)c(C)c1[N+](=O)[O-]. The van der Waals surface area contributed by atoms with Gasteiger partial charge in [0.1, 0.15) is 11.5 Å². The molecule has 1 aromatic rings. The second-order valence-corrected chi connectivity index (χ2v) is 4.39. The smallest absolute Gasteiger partial charge is 0.296 e. The fraction of sp³-hybridized carbons (Fsp3) is 0.455. The number of benzene rings is 1. The lowest BCUT2D eigenvalue weighted by molar-refractivity contribution is -0.384. The summed E-state index contributed by atoms with van der Waals surface area (Å²) in [6, 6.07) is 1.21. The molecule has 4 nitrogen and oxygen atoms in total. The minimum atomic E-state index is -0.477. The molecule has 0 unspecified atom stereocenters. The van der Waals surface area contributed by atoms with Crippen LogP contribution in [-0.4, -0.2) is 18.0 Å². The first kappa shape index (κ1) is 13.9. The summed E-state index contributed by atoms with van der Waals surface area (Å²) >= 11 is 3.03. The van der Waals surface area contributed by atoms with Gasteiger partial charge in [-0.3, -0.25) is 10.1 Å². The topological polar surface area (TPSA) is 46.4 Å². The molecule has 1 rings (SSSR count). The third kappa shape index (κ3) is 2.57. The number of rotatable bonds is 4. The number of hydrogen-bond acceptors (Lipinski definition) is 3. The Morgan fingerprint density at radius 3 is 2.41 bits per heavy atom. The van der Waals surface area contributed by atoms with Crippen LogP contribution in [0.5, 0.6) is 0 Å². The summed E-state index contributed by atoms with van der Waals surface area (Å²) in [6.45, 7) is 6.49. The molecule has 0 fully saturated rings. The zero-order valence-corrected chi connectivity index (χ0v) is 11.5. The Balaban J connectivity index is 3.52. The molecule has 94 valence electrons. The zero-order chi connectivity index (χ0) is 13.2. The molecule has 0 atom stereocenters. The summed E-state index contributed by atoms with van der Waals surface area (Å²) in [4.78, 5) is 12.4. The van der Waals surface area contributed by atoms with Crippen LogP contribution >= 0.6 is 15.9 Å². The lowest BCUT2D eigenvalue weighted by atomic mass is 10.1. The van der Waals surface area contributed by atoms with Crippen LogP contribution in [0, 0.1) is 22.9 Å². The van der Waals surface area contributed by atoms with E-state index in [9.17, 15) is 14.5 Å². The number of anilines is 1. The van der Waals surface area contributed by atoms with Crippen molar-refractivity contribution in [1.29, 1.82) is 0 Å². The Hall–Kier alpha value is -1.17. The normalized spacial score (nSPS) is 10.4. The lowest BCUT2D eigenvalue weighted by Crippen LogP contribution is -2.23. The van der Waals surface area contributed by atoms with E-state index < -0.39 is 10.7 Å². The molecule has 0 heterocycles. The minimum absolute atomic E-state index is 0.0398. The zero-order valence-electron chi connectivity index (χ0n) is 9.96. The van der Waals surface area contributed by atoms with Gasteiger partial charge in [-0.05, 0) is 36.7 Å². The predicted molar refractivity (Wildman–Crippen MR) is 69.1 cm³/mol. The third-order valence-electron chi connectivity index (χ3n) is 2.69. The molecule has 0 amide bonds. The molecular weight excluding hydrogens is 291 g/mol. The summed E-state index contributed by atoms with van der Waals surface area (Å²) in [5.74, 6) is -0.477. The summed E-state index contributed by atoms with van der Waals surface area (Å²) in [6.07, 6.45) is 0. The second kappa shape index (κ2) is 5.44. The highest BCUT2D eigenvalue weighted by atomic mass is 79.9. The average Bonchev–Trinajstić information content (AvgIpc) is 2.27. The van der Waals surface area contributed by atoms with Crippen molar-refractivity contribution in [3.05, 3.63) is 32.0 Å². The van der Waals surface area contributed by atoms with E-state index in [1.54, 1.807) is 4.90 Å². The third-order valence-corrected chi connectivity index (χ3v) is 3.66. The van der Waals surface area contributed by atoms with E-state index in [-0.39, 0.29) is 10.2 Å². The van der Waals surface area contributed by atoms with E-state index in [2.05, 4.69) is 15.9 Å². The highest BCUT2D eigenvalue weighted by molar-refractivity contribution is 9.10. The van der Waals surface area contributed by atoms with E-state index in [1.807, 2.05) is 13.8 Å². The maximum absolute atomic E-state index is 13.6. The molecule has 0 radical (unpaired) electrons. The van der Waals surface area contributed by atoms with Crippen LogP contribution < -0.4 is 4.90 Å². The van der Waals surface area contributed by atoms with Crippen molar-refractivity contribution >= 4 is 27.3 Å². The standard InChI is InChI=1S/C11H14BrFN2O2/c1-4-14(5-2)9-6-8(13)10(12)7(3)11(9)15(16)17/h6H,4-5H2,1-3H3. The maximum Gasteiger partial charge on any atom is 0.296 e. The van der Waals surface area contributed by atoms with Crippen LogP contribution in [0.25, 0.3) is 0 Å². The quantitative estimate of drug-likeness (QED) is 0.630. The van der Waals surface area contributed by atoms with Crippen LogP contribution in [0.2, 0.25) is 0 Å². The maximum atomic E-state index is 13.6. The molecule has 0 aliphatic carbocycles. The highest BCUT2D eigenvalue weighted by Crippen LogP contribution is 2.37. The van der Waals surface area contributed by atoms with Crippen molar-refractivity contribution in [3.63, 3.8) is 0 Å². The number of nitro groups is 1. The molecule has 0 aliphatic heterocycles. The Labute approximate surface area is 108 Å². The van der Waals surface area contributed by atoms with Crippen molar-refractivity contribution in [2.75, 3.05) is 18.0 Å². The van der Waals surface area contributed by atoms with E-state index >= 15 is 0 Å². The molecule has 0 bridgehead atoms. The van der Waals surface area contributed by atoms with E-state index in [0.29, 0.717) is 24.3 Å². The van der Waals surface area contributed by atoms with Gasteiger partial charge in [0.2, 0.25) is 0 Å². The van der Waals surface area contributed by atoms with Gasteiger partial charge in [0.25, 0.3) is 5.69 Å². The molecule has 0 saturated carbocycles. The van der Waals surface area contributed by atoms with E-state index in [4.69, 9.17) is 0 Å². The first-order chi connectivity index (χ1) is 7.93. The lowest BCUT2D eigenvalue weighted by Gasteiger charge is -2.22. The van der Waals surface area contributed by atoms with Crippen LogP contribution in [0.3, 0.4) is 0 Å². The van der Waals surface area contributed by atoms with Gasteiger partial charge in [-0.25, -0.2) is 4.39 Å². The molecule has 0 aliphatic rings.